The molecule has 9 nitrogen and oxygen atoms in total. The Labute approximate surface area is 149 Å². The molecular formula is C17H20N6O3. The third kappa shape index (κ3) is 3.46. The minimum absolute atomic E-state index is 0.169. The fourth-order valence-electron chi connectivity index (χ4n) is 3.28. The minimum atomic E-state index is -0.169. The number of likely N-dealkylation sites (tertiary alicyclic amines) is 1. The van der Waals surface area contributed by atoms with Crippen LogP contribution < -0.4 is 5.32 Å². The molecule has 1 atom stereocenters. The Kier molecular flexibility index (Phi) is 4.42. The zero-order valence-corrected chi connectivity index (χ0v) is 14.5. The number of piperidine rings is 1. The summed E-state index contributed by atoms with van der Waals surface area (Å²) in [5.74, 6) is 2.06. The van der Waals surface area contributed by atoms with Gasteiger partial charge in [0.2, 0.25) is 0 Å². The van der Waals surface area contributed by atoms with Crippen molar-refractivity contribution in [2.45, 2.75) is 26.3 Å². The quantitative estimate of drug-likeness (QED) is 0.771. The lowest BCUT2D eigenvalue weighted by atomic mass is 9.98. The van der Waals surface area contributed by atoms with Crippen molar-refractivity contribution in [3.8, 4) is 11.3 Å². The molecule has 136 valence electrons. The van der Waals surface area contributed by atoms with Gasteiger partial charge in [0.15, 0.2) is 11.6 Å². The molecule has 26 heavy (non-hydrogen) atoms. The van der Waals surface area contributed by atoms with E-state index in [0.717, 1.165) is 37.3 Å². The van der Waals surface area contributed by atoms with Crippen molar-refractivity contribution in [1.82, 2.24) is 25.1 Å². The Hall–Kier alpha value is -3.10. The van der Waals surface area contributed by atoms with Crippen LogP contribution in [0.4, 0.5) is 10.6 Å². The Morgan fingerprint density at radius 2 is 2.38 bits per heavy atom. The third-order valence-electron chi connectivity index (χ3n) is 4.59. The normalized spacial score (nSPS) is 17.4. The lowest BCUT2D eigenvalue weighted by Crippen LogP contribution is -2.43. The van der Waals surface area contributed by atoms with E-state index in [1.807, 2.05) is 22.7 Å². The van der Waals surface area contributed by atoms with Crippen molar-refractivity contribution < 1.29 is 13.7 Å². The van der Waals surface area contributed by atoms with Gasteiger partial charge >= 0.3 is 6.03 Å². The summed E-state index contributed by atoms with van der Waals surface area (Å²) in [6, 6.07) is 3.34. The SMILES string of the molecule is Cc1occc1-c1cc(NC(=O)N2CCCC(Cn3ccnn3)C2)no1. The molecular weight excluding hydrogens is 336 g/mol. The van der Waals surface area contributed by atoms with Gasteiger partial charge in [-0.25, -0.2) is 4.79 Å². The largest absolute Gasteiger partial charge is 0.469 e. The number of nitrogens with zero attached hydrogens (tertiary/aromatic N) is 5. The zero-order valence-electron chi connectivity index (χ0n) is 14.5. The molecule has 1 aliphatic rings. The lowest BCUT2D eigenvalue weighted by Gasteiger charge is -2.32. The van der Waals surface area contributed by atoms with Crippen LogP contribution in [0, 0.1) is 12.8 Å². The second-order valence-electron chi connectivity index (χ2n) is 6.48. The standard InChI is InChI=1S/C17H20N6O3/c1-12-14(4-8-25-12)15-9-16(20-26-15)19-17(24)22-6-2-3-13(10-22)11-23-7-5-18-21-23/h4-5,7-9,13H,2-3,6,10-11H2,1H3,(H,19,20,24). The summed E-state index contributed by atoms with van der Waals surface area (Å²) >= 11 is 0. The van der Waals surface area contributed by atoms with Crippen molar-refractivity contribution in [1.29, 1.82) is 0 Å². The number of amides is 2. The minimum Gasteiger partial charge on any atom is -0.469 e. The average Bonchev–Trinajstić information content (AvgIpc) is 3.37. The van der Waals surface area contributed by atoms with Crippen LogP contribution >= 0.6 is 0 Å². The molecule has 1 fully saturated rings. The van der Waals surface area contributed by atoms with Crippen molar-refractivity contribution in [2.24, 2.45) is 5.92 Å². The van der Waals surface area contributed by atoms with Gasteiger partial charge in [0.25, 0.3) is 0 Å². The fraction of sp³-hybridized carbons (Fsp3) is 0.412. The Morgan fingerprint density at radius 3 is 3.15 bits per heavy atom. The van der Waals surface area contributed by atoms with Gasteiger partial charge in [-0.2, -0.15) is 0 Å². The third-order valence-corrected chi connectivity index (χ3v) is 4.59. The molecule has 3 aromatic heterocycles. The highest BCUT2D eigenvalue weighted by atomic mass is 16.5. The smallest absolute Gasteiger partial charge is 0.323 e. The number of hydrogen-bond acceptors (Lipinski definition) is 6. The Morgan fingerprint density at radius 1 is 1.46 bits per heavy atom. The van der Waals surface area contributed by atoms with Gasteiger partial charge in [0, 0.05) is 31.9 Å². The van der Waals surface area contributed by atoms with Gasteiger partial charge in [-0.05, 0) is 31.7 Å². The molecule has 3 aromatic rings. The summed E-state index contributed by atoms with van der Waals surface area (Å²) in [5.41, 5.74) is 0.823. The van der Waals surface area contributed by atoms with Gasteiger partial charge in [-0.3, -0.25) is 10.00 Å². The van der Waals surface area contributed by atoms with E-state index in [0.29, 0.717) is 24.0 Å². The summed E-state index contributed by atoms with van der Waals surface area (Å²) in [6.07, 6.45) is 7.13. The maximum atomic E-state index is 12.6. The van der Waals surface area contributed by atoms with Crippen LogP contribution in [0.25, 0.3) is 11.3 Å². The average molecular weight is 356 g/mol. The molecule has 0 radical (unpaired) electrons. The van der Waals surface area contributed by atoms with Crippen molar-refractivity contribution in [3.05, 3.63) is 36.5 Å². The first kappa shape index (κ1) is 16.4. The van der Waals surface area contributed by atoms with Gasteiger partial charge < -0.3 is 13.8 Å². The number of hydrogen-bond donors (Lipinski definition) is 1. The molecule has 0 spiro atoms. The number of anilines is 1. The van der Waals surface area contributed by atoms with E-state index < -0.39 is 0 Å². The van der Waals surface area contributed by atoms with Gasteiger partial charge in [-0.1, -0.05) is 10.4 Å². The Balaban J connectivity index is 1.37. The number of urea groups is 1. The topological polar surface area (TPSA) is 102 Å². The molecule has 4 heterocycles. The molecule has 4 rings (SSSR count). The lowest BCUT2D eigenvalue weighted by molar-refractivity contribution is 0.168. The first-order chi connectivity index (χ1) is 12.7. The van der Waals surface area contributed by atoms with E-state index in [4.69, 9.17) is 8.94 Å². The van der Waals surface area contributed by atoms with E-state index in [1.165, 1.54) is 0 Å². The Bertz CT molecular complexity index is 869. The zero-order chi connectivity index (χ0) is 17.9. The number of carbonyl (C=O) groups is 1. The predicted molar refractivity (Wildman–Crippen MR) is 92.3 cm³/mol. The van der Waals surface area contributed by atoms with Crippen LogP contribution in [0.15, 0.2) is 39.7 Å². The summed E-state index contributed by atoms with van der Waals surface area (Å²) in [6.45, 7) is 4.01. The number of rotatable bonds is 4. The highest BCUT2D eigenvalue weighted by molar-refractivity contribution is 5.88. The molecule has 1 unspecified atom stereocenters. The molecule has 0 aromatic carbocycles. The molecule has 2 amide bonds. The van der Waals surface area contributed by atoms with Gasteiger partial charge in [0.1, 0.15) is 5.76 Å². The molecule has 9 heteroatoms. The number of nitrogens with one attached hydrogen (secondary N) is 1. The summed E-state index contributed by atoms with van der Waals surface area (Å²) in [4.78, 5) is 14.4. The highest BCUT2D eigenvalue weighted by Gasteiger charge is 2.25. The van der Waals surface area contributed by atoms with E-state index >= 15 is 0 Å². The molecule has 0 aliphatic carbocycles. The van der Waals surface area contributed by atoms with Crippen LogP contribution in [-0.2, 0) is 6.54 Å². The highest BCUT2D eigenvalue weighted by Crippen LogP contribution is 2.26. The van der Waals surface area contributed by atoms with E-state index in [1.54, 1.807) is 24.6 Å². The second-order valence-corrected chi connectivity index (χ2v) is 6.48. The van der Waals surface area contributed by atoms with Crippen molar-refractivity contribution >= 4 is 11.8 Å². The van der Waals surface area contributed by atoms with Crippen LogP contribution in [-0.4, -0.2) is 44.2 Å². The van der Waals surface area contributed by atoms with Gasteiger partial charge in [0.05, 0.1) is 18.0 Å². The van der Waals surface area contributed by atoms with Crippen LogP contribution in [0.2, 0.25) is 0 Å². The number of aryl methyl sites for hydroxylation is 1. The second kappa shape index (κ2) is 7.03. The monoisotopic (exact) mass is 356 g/mol. The van der Waals surface area contributed by atoms with Crippen molar-refractivity contribution in [2.75, 3.05) is 18.4 Å². The van der Waals surface area contributed by atoms with Crippen LogP contribution in [0.3, 0.4) is 0 Å². The maximum absolute atomic E-state index is 12.6. The van der Waals surface area contributed by atoms with E-state index in [-0.39, 0.29) is 6.03 Å². The fourth-order valence-corrected chi connectivity index (χ4v) is 3.28. The molecule has 0 bridgehead atoms. The van der Waals surface area contributed by atoms with E-state index in [2.05, 4.69) is 20.8 Å². The summed E-state index contributed by atoms with van der Waals surface area (Å²) < 4.78 is 12.4. The number of aromatic nitrogens is 4. The first-order valence-electron chi connectivity index (χ1n) is 8.60. The predicted octanol–water partition coefficient (Wildman–Crippen LogP) is 2.78. The van der Waals surface area contributed by atoms with Crippen molar-refractivity contribution in [3.63, 3.8) is 0 Å². The van der Waals surface area contributed by atoms with Gasteiger partial charge in [-0.15, -0.1) is 5.10 Å². The summed E-state index contributed by atoms with van der Waals surface area (Å²) in [7, 11) is 0. The molecule has 1 aliphatic heterocycles. The molecule has 0 saturated carbocycles. The summed E-state index contributed by atoms with van der Waals surface area (Å²) in [5, 5.41) is 14.6. The number of furan rings is 1. The maximum Gasteiger partial charge on any atom is 0.323 e. The molecule has 1 saturated heterocycles. The van der Waals surface area contributed by atoms with E-state index in [9.17, 15) is 4.79 Å². The van der Waals surface area contributed by atoms with Crippen LogP contribution in [0.1, 0.15) is 18.6 Å². The number of carbonyl (C=O) groups excluding carboxylic acids is 1. The molecule has 1 N–H and O–H groups in total. The van der Waals surface area contributed by atoms with Crippen LogP contribution in [0.5, 0.6) is 0 Å². The first-order valence-corrected chi connectivity index (χ1v) is 8.60.